The highest BCUT2D eigenvalue weighted by molar-refractivity contribution is 6.74. The lowest BCUT2D eigenvalue weighted by molar-refractivity contribution is 0.108. The predicted octanol–water partition coefficient (Wildman–Crippen LogP) is 3.84. The van der Waals surface area contributed by atoms with Gasteiger partial charge in [-0.15, -0.1) is 11.6 Å². The molecule has 1 aromatic rings. The van der Waals surface area contributed by atoms with Crippen molar-refractivity contribution in [3.05, 3.63) is 35.9 Å². The second kappa shape index (κ2) is 7.29. The highest BCUT2D eigenvalue weighted by Crippen LogP contribution is 2.20. The van der Waals surface area contributed by atoms with Crippen molar-refractivity contribution in [1.82, 2.24) is 0 Å². The van der Waals surface area contributed by atoms with E-state index in [0.717, 1.165) is 6.04 Å². The number of benzene rings is 1. The second-order valence-electron chi connectivity index (χ2n) is 5.04. The van der Waals surface area contributed by atoms with E-state index in [1.165, 1.54) is 5.56 Å². The summed E-state index contributed by atoms with van der Waals surface area (Å²) in [6.45, 7) is 8.12. The summed E-state index contributed by atoms with van der Waals surface area (Å²) < 4.78 is 12.2. The largest absolute Gasteiger partial charge is 0.391 e. The van der Waals surface area contributed by atoms with Crippen LogP contribution in [0.4, 0.5) is 0 Å². The van der Waals surface area contributed by atoms with Crippen molar-refractivity contribution in [3.63, 3.8) is 0 Å². The number of hydrogen-bond donors (Lipinski definition) is 0. The Bertz CT molecular complexity index is 331. The van der Waals surface area contributed by atoms with Gasteiger partial charge >= 0.3 is 8.56 Å². The van der Waals surface area contributed by atoms with E-state index in [9.17, 15) is 0 Å². The van der Waals surface area contributed by atoms with Crippen molar-refractivity contribution in [1.29, 1.82) is 0 Å². The van der Waals surface area contributed by atoms with Crippen LogP contribution >= 0.6 is 11.6 Å². The van der Waals surface area contributed by atoms with E-state index < -0.39 is 8.56 Å². The third-order valence-electron chi connectivity index (χ3n) is 2.42. The van der Waals surface area contributed by atoms with E-state index in [1.807, 2.05) is 45.9 Å². The van der Waals surface area contributed by atoms with Crippen LogP contribution in [-0.2, 0) is 14.9 Å². The molecular weight excluding hydrogens is 264 g/mol. The summed E-state index contributed by atoms with van der Waals surface area (Å²) in [7, 11) is -2.37. The molecule has 0 aliphatic rings. The molecule has 4 heteroatoms. The van der Waals surface area contributed by atoms with E-state index in [0.29, 0.717) is 5.50 Å². The Balaban J connectivity index is 2.87. The first-order chi connectivity index (χ1) is 8.47. The van der Waals surface area contributed by atoms with E-state index in [2.05, 4.69) is 12.1 Å². The molecule has 0 fully saturated rings. The Morgan fingerprint density at radius 1 is 1.00 bits per heavy atom. The van der Waals surface area contributed by atoms with Gasteiger partial charge in [-0.25, -0.2) is 0 Å². The molecule has 0 heterocycles. The fourth-order valence-electron chi connectivity index (χ4n) is 1.99. The topological polar surface area (TPSA) is 18.5 Å². The average molecular weight is 287 g/mol. The van der Waals surface area contributed by atoms with Crippen LogP contribution in [0.2, 0.25) is 0 Å². The highest BCUT2D eigenvalue weighted by atomic mass is 35.5. The molecule has 0 amide bonds. The molecule has 0 aliphatic heterocycles. The minimum absolute atomic E-state index is 0.137. The molecule has 0 atom stereocenters. The molecule has 2 nitrogen and oxygen atoms in total. The summed E-state index contributed by atoms with van der Waals surface area (Å²) in [5, 5.41) is 0. The molecule has 0 N–H and O–H groups in total. The molecule has 1 aromatic carbocycles. The predicted molar refractivity (Wildman–Crippen MR) is 79.1 cm³/mol. The van der Waals surface area contributed by atoms with Gasteiger partial charge in [0.25, 0.3) is 0 Å². The van der Waals surface area contributed by atoms with Crippen molar-refractivity contribution < 1.29 is 8.85 Å². The molecule has 0 unspecified atom stereocenters. The van der Waals surface area contributed by atoms with Gasteiger partial charge in [0.2, 0.25) is 0 Å². The maximum absolute atomic E-state index is 6.17. The monoisotopic (exact) mass is 286 g/mol. The summed E-state index contributed by atoms with van der Waals surface area (Å²) in [5.41, 5.74) is 1.68. The van der Waals surface area contributed by atoms with Crippen LogP contribution in [-0.4, -0.2) is 26.3 Å². The maximum Gasteiger partial charge on any atom is 0.358 e. The van der Waals surface area contributed by atoms with Gasteiger partial charge in [0.15, 0.2) is 0 Å². The summed E-state index contributed by atoms with van der Waals surface area (Å²) >= 11 is 6.17. The SMILES string of the molecule is CC(C)O[Si](CCl)(Cc1ccccc1)OC(C)C. The first-order valence-corrected chi connectivity index (χ1v) is 9.19. The van der Waals surface area contributed by atoms with E-state index >= 15 is 0 Å². The van der Waals surface area contributed by atoms with E-state index in [1.54, 1.807) is 0 Å². The van der Waals surface area contributed by atoms with Crippen LogP contribution in [0.1, 0.15) is 33.3 Å². The molecule has 18 heavy (non-hydrogen) atoms. The summed E-state index contributed by atoms with van der Waals surface area (Å²) in [6, 6.07) is 11.1. The van der Waals surface area contributed by atoms with E-state index in [4.69, 9.17) is 20.5 Å². The molecule has 0 saturated heterocycles. The fourth-order valence-corrected chi connectivity index (χ4v) is 5.67. The van der Waals surface area contributed by atoms with Gasteiger partial charge in [-0.3, -0.25) is 0 Å². The zero-order valence-corrected chi connectivity index (χ0v) is 13.4. The minimum atomic E-state index is -2.37. The number of halogens is 1. The van der Waals surface area contributed by atoms with Crippen LogP contribution in [0.15, 0.2) is 30.3 Å². The number of rotatable bonds is 7. The van der Waals surface area contributed by atoms with Crippen molar-refractivity contribution in [2.75, 3.05) is 5.50 Å². The molecule has 0 aliphatic carbocycles. The molecule has 0 bridgehead atoms. The summed E-state index contributed by atoms with van der Waals surface area (Å²) in [4.78, 5) is 0. The highest BCUT2D eigenvalue weighted by Gasteiger charge is 2.39. The zero-order valence-electron chi connectivity index (χ0n) is 11.7. The first kappa shape index (κ1) is 15.7. The van der Waals surface area contributed by atoms with E-state index in [-0.39, 0.29) is 12.2 Å². The normalized spacial score (nSPS) is 12.4. The number of hydrogen-bond acceptors (Lipinski definition) is 2. The molecule has 102 valence electrons. The van der Waals surface area contributed by atoms with Crippen molar-refractivity contribution >= 4 is 20.2 Å². The Kier molecular flexibility index (Phi) is 6.36. The average Bonchev–Trinajstić information content (AvgIpc) is 2.28. The second-order valence-corrected chi connectivity index (χ2v) is 8.76. The Morgan fingerprint density at radius 3 is 1.89 bits per heavy atom. The molecule has 0 saturated carbocycles. The van der Waals surface area contributed by atoms with Crippen LogP contribution in [0.5, 0.6) is 0 Å². The quantitative estimate of drug-likeness (QED) is 0.560. The Morgan fingerprint density at radius 2 is 1.50 bits per heavy atom. The fraction of sp³-hybridized carbons (Fsp3) is 0.571. The third kappa shape index (κ3) is 5.10. The van der Waals surface area contributed by atoms with Crippen LogP contribution < -0.4 is 0 Å². The maximum atomic E-state index is 6.17. The summed E-state index contributed by atoms with van der Waals surface area (Å²) in [5.74, 6) is 0. The molecule has 1 rings (SSSR count). The third-order valence-corrected chi connectivity index (χ3v) is 6.80. The molecule has 0 radical (unpaired) electrons. The van der Waals surface area contributed by atoms with Crippen LogP contribution in [0.25, 0.3) is 0 Å². The van der Waals surface area contributed by atoms with Gasteiger partial charge in [-0.05, 0) is 33.3 Å². The van der Waals surface area contributed by atoms with Gasteiger partial charge in [0.05, 0.1) is 5.50 Å². The van der Waals surface area contributed by atoms with Gasteiger partial charge in [0.1, 0.15) is 0 Å². The van der Waals surface area contributed by atoms with Gasteiger partial charge < -0.3 is 8.85 Å². The molecular formula is C14H23ClO2Si. The standard InChI is InChI=1S/C14H23ClO2Si/c1-12(2)16-18(11-15,17-13(3)4)10-14-8-6-5-7-9-14/h5-9,12-13H,10-11H2,1-4H3. The van der Waals surface area contributed by atoms with Gasteiger partial charge in [-0.1, -0.05) is 30.3 Å². The van der Waals surface area contributed by atoms with Crippen molar-refractivity contribution in [2.24, 2.45) is 0 Å². The summed E-state index contributed by atoms with van der Waals surface area (Å²) in [6.07, 6.45) is 0.274. The van der Waals surface area contributed by atoms with Crippen molar-refractivity contribution in [2.45, 2.75) is 45.9 Å². The van der Waals surface area contributed by atoms with Crippen molar-refractivity contribution in [3.8, 4) is 0 Å². The Hall–Kier alpha value is -0.353. The lowest BCUT2D eigenvalue weighted by atomic mass is 10.2. The van der Waals surface area contributed by atoms with Gasteiger partial charge in [-0.2, -0.15) is 0 Å². The van der Waals surface area contributed by atoms with Crippen LogP contribution in [0, 0.1) is 0 Å². The molecule has 0 spiro atoms. The first-order valence-electron chi connectivity index (χ1n) is 6.43. The molecule has 0 aromatic heterocycles. The lowest BCUT2D eigenvalue weighted by Crippen LogP contribution is -2.50. The van der Waals surface area contributed by atoms with Crippen LogP contribution in [0.3, 0.4) is 0 Å². The lowest BCUT2D eigenvalue weighted by Gasteiger charge is -2.32. The number of alkyl halides is 1. The van der Waals surface area contributed by atoms with Gasteiger partial charge in [0, 0.05) is 18.3 Å². The smallest absolute Gasteiger partial charge is 0.358 e. The Labute approximate surface area is 117 Å². The minimum Gasteiger partial charge on any atom is -0.391 e. The zero-order chi connectivity index (χ0) is 13.6.